The average molecular weight is 395 g/mol. The van der Waals surface area contributed by atoms with E-state index in [1.807, 2.05) is 12.2 Å². The highest BCUT2D eigenvalue weighted by Gasteiger charge is 2.21. The molecule has 0 bridgehead atoms. The minimum Gasteiger partial charge on any atom is -0.483 e. The van der Waals surface area contributed by atoms with Crippen LogP contribution >= 0.6 is 0 Å². The number of ether oxygens (including phenoxy) is 2. The molecule has 0 aromatic carbocycles. The summed E-state index contributed by atoms with van der Waals surface area (Å²) in [6.45, 7) is 1.38. The van der Waals surface area contributed by atoms with E-state index in [-0.39, 0.29) is 11.9 Å². The number of hydrogen-bond donors (Lipinski definition) is 2. The third kappa shape index (κ3) is 11.3. The number of rotatable bonds is 12. The number of carbonyl (C=O) groups is 1. The number of esters is 1. The standard InChI is InChI=1S/C23H38O5/c1-2-3-4-5-6-9-12-15-20-16-13-10-7-8-11-14-17-22(27-20)23(26)28-21(18-24)19-25/h7-8,11,14,17,20-21,24-25H,2-6,9-10,12-13,15-16,18-19H2,1H3/b8-7-,14-11-,22-17-. The van der Waals surface area contributed by atoms with Crippen LogP contribution in [-0.2, 0) is 14.3 Å². The van der Waals surface area contributed by atoms with Crippen molar-refractivity contribution in [2.45, 2.75) is 89.8 Å². The first-order valence-electron chi connectivity index (χ1n) is 10.8. The second-order valence-electron chi connectivity index (χ2n) is 7.32. The van der Waals surface area contributed by atoms with Gasteiger partial charge in [-0.05, 0) is 38.2 Å². The van der Waals surface area contributed by atoms with Gasteiger partial charge in [-0.1, -0.05) is 69.8 Å². The summed E-state index contributed by atoms with van der Waals surface area (Å²) in [5.74, 6) is -0.517. The summed E-state index contributed by atoms with van der Waals surface area (Å²) in [6, 6.07) is 0. The number of hydrogen-bond acceptors (Lipinski definition) is 5. The predicted octanol–water partition coefficient (Wildman–Crippen LogP) is 4.59. The van der Waals surface area contributed by atoms with Gasteiger partial charge in [0.2, 0.25) is 5.76 Å². The van der Waals surface area contributed by atoms with Gasteiger partial charge < -0.3 is 19.7 Å². The Morgan fingerprint density at radius 3 is 2.54 bits per heavy atom. The van der Waals surface area contributed by atoms with Gasteiger partial charge in [-0.15, -0.1) is 0 Å². The number of aliphatic hydroxyl groups excluding tert-OH is 2. The number of carbonyl (C=O) groups excluding carboxylic acids is 1. The molecule has 0 aromatic heterocycles. The summed E-state index contributed by atoms with van der Waals surface area (Å²) in [7, 11) is 0. The van der Waals surface area contributed by atoms with Gasteiger partial charge in [-0.3, -0.25) is 0 Å². The lowest BCUT2D eigenvalue weighted by Gasteiger charge is -2.21. The summed E-state index contributed by atoms with van der Waals surface area (Å²) >= 11 is 0. The Morgan fingerprint density at radius 2 is 1.82 bits per heavy atom. The summed E-state index contributed by atoms with van der Waals surface area (Å²) in [5, 5.41) is 18.3. The van der Waals surface area contributed by atoms with E-state index in [0.29, 0.717) is 0 Å². The van der Waals surface area contributed by atoms with Crippen LogP contribution in [0, 0.1) is 0 Å². The quantitative estimate of drug-likeness (QED) is 0.374. The van der Waals surface area contributed by atoms with Crippen LogP contribution in [-0.4, -0.2) is 41.6 Å². The Bertz CT molecular complexity index is 491. The molecular weight excluding hydrogens is 356 g/mol. The maximum atomic E-state index is 12.4. The topological polar surface area (TPSA) is 76.0 Å². The molecule has 0 spiro atoms. The molecule has 1 aliphatic rings. The van der Waals surface area contributed by atoms with Gasteiger partial charge in [-0.25, -0.2) is 4.79 Å². The molecule has 0 saturated carbocycles. The molecule has 1 aliphatic heterocycles. The molecule has 0 saturated heterocycles. The van der Waals surface area contributed by atoms with Crippen molar-refractivity contribution in [2.75, 3.05) is 13.2 Å². The summed E-state index contributed by atoms with van der Waals surface area (Å²) < 4.78 is 11.2. The predicted molar refractivity (Wildman–Crippen MR) is 112 cm³/mol. The molecular formula is C23H38O5. The molecule has 0 amide bonds. The normalized spacial score (nSPS) is 21.9. The number of unbranched alkanes of at least 4 members (excludes halogenated alkanes) is 6. The number of allylic oxidation sites excluding steroid dienone is 5. The molecule has 160 valence electrons. The summed E-state index contributed by atoms with van der Waals surface area (Å²) in [4.78, 5) is 12.4. The zero-order chi connectivity index (χ0) is 20.5. The average Bonchev–Trinajstić information content (AvgIpc) is 2.76. The van der Waals surface area contributed by atoms with Crippen molar-refractivity contribution in [2.24, 2.45) is 0 Å². The van der Waals surface area contributed by atoms with Gasteiger partial charge in [0, 0.05) is 0 Å². The third-order valence-electron chi connectivity index (χ3n) is 4.81. The fourth-order valence-corrected chi connectivity index (χ4v) is 3.11. The van der Waals surface area contributed by atoms with Crippen molar-refractivity contribution >= 4 is 5.97 Å². The SMILES string of the molecule is CCCCCCCCCC1CCC\C=C/C=C\C=C(\C(=O)OC(CO)CO)O1. The molecule has 1 rings (SSSR count). The van der Waals surface area contributed by atoms with Crippen LogP contribution in [0.15, 0.2) is 36.1 Å². The lowest BCUT2D eigenvalue weighted by molar-refractivity contribution is -0.154. The Hall–Kier alpha value is -1.59. The van der Waals surface area contributed by atoms with Gasteiger partial charge in [0.25, 0.3) is 0 Å². The van der Waals surface area contributed by atoms with Crippen molar-refractivity contribution in [3.05, 3.63) is 36.1 Å². The zero-order valence-corrected chi connectivity index (χ0v) is 17.4. The van der Waals surface area contributed by atoms with Crippen molar-refractivity contribution in [3.8, 4) is 0 Å². The van der Waals surface area contributed by atoms with Crippen LogP contribution < -0.4 is 0 Å². The monoisotopic (exact) mass is 394 g/mol. The lowest BCUT2D eigenvalue weighted by Crippen LogP contribution is -2.28. The van der Waals surface area contributed by atoms with Crippen molar-refractivity contribution in [1.82, 2.24) is 0 Å². The molecule has 28 heavy (non-hydrogen) atoms. The molecule has 1 unspecified atom stereocenters. The molecule has 0 aliphatic carbocycles. The van der Waals surface area contributed by atoms with Crippen LogP contribution in [0.4, 0.5) is 0 Å². The third-order valence-corrected chi connectivity index (χ3v) is 4.81. The van der Waals surface area contributed by atoms with E-state index in [1.165, 1.54) is 38.5 Å². The van der Waals surface area contributed by atoms with Crippen LogP contribution in [0.1, 0.15) is 77.6 Å². The summed E-state index contributed by atoms with van der Waals surface area (Å²) in [5.41, 5.74) is 0. The van der Waals surface area contributed by atoms with Crippen LogP contribution in [0.2, 0.25) is 0 Å². The highest BCUT2D eigenvalue weighted by atomic mass is 16.6. The molecule has 2 N–H and O–H groups in total. The van der Waals surface area contributed by atoms with E-state index >= 15 is 0 Å². The Kier molecular flexibility index (Phi) is 14.3. The van der Waals surface area contributed by atoms with Gasteiger partial charge in [0.1, 0.15) is 6.10 Å². The van der Waals surface area contributed by atoms with Gasteiger partial charge in [-0.2, -0.15) is 0 Å². The molecule has 5 nitrogen and oxygen atoms in total. The Labute approximate surface area is 170 Å². The molecule has 1 atom stereocenters. The Morgan fingerprint density at radius 1 is 1.11 bits per heavy atom. The maximum absolute atomic E-state index is 12.4. The first-order valence-corrected chi connectivity index (χ1v) is 10.8. The number of aliphatic hydroxyl groups is 2. The molecule has 5 heteroatoms. The van der Waals surface area contributed by atoms with Crippen molar-refractivity contribution in [3.63, 3.8) is 0 Å². The second-order valence-corrected chi connectivity index (χ2v) is 7.32. The van der Waals surface area contributed by atoms with Crippen LogP contribution in [0.5, 0.6) is 0 Å². The highest BCUT2D eigenvalue weighted by molar-refractivity contribution is 5.86. The second kappa shape index (κ2) is 16.4. The molecule has 0 aromatic rings. The fourth-order valence-electron chi connectivity index (χ4n) is 3.11. The lowest BCUT2D eigenvalue weighted by atomic mass is 10.0. The van der Waals surface area contributed by atoms with E-state index in [2.05, 4.69) is 13.0 Å². The minimum atomic E-state index is -0.930. The van der Waals surface area contributed by atoms with Crippen LogP contribution in [0.3, 0.4) is 0 Å². The first-order chi connectivity index (χ1) is 13.7. The van der Waals surface area contributed by atoms with E-state index < -0.39 is 25.3 Å². The van der Waals surface area contributed by atoms with Gasteiger partial charge in [0.05, 0.1) is 19.3 Å². The van der Waals surface area contributed by atoms with E-state index in [9.17, 15) is 4.79 Å². The molecule has 1 heterocycles. The van der Waals surface area contributed by atoms with Crippen LogP contribution in [0.25, 0.3) is 0 Å². The Balaban J connectivity index is 2.61. The maximum Gasteiger partial charge on any atom is 0.374 e. The van der Waals surface area contributed by atoms with Gasteiger partial charge in [0.15, 0.2) is 0 Å². The highest BCUT2D eigenvalue weighted by Crippen LogP contribution is 2.20. The van der Waals surface area contributed by atoms with Crippen molar-refractivity contribution in [1.29, 1.82) is 0 Å². The van der Waals surface area contributed by atoms with Gasteiger partial charge >= 0.3 is 5.97 Å². The van der Waals surface area contributed by atoms with E-state index in [4.69, 9.17) is 19.7 Å². The largest absolute Gasteiger partial charge is 0.483 e. The first kappa shape index (κ1) is 24.4. The zero-order valence-electron chi connectivity index (χ0n) is 17.4. The summed E-state index contributed by atoms with van der Waals surface area (Å²) in [6.07, 6.45) is 20.8. The van der Waals surface area contributed by atoms with E-state index in [1.54, 1.807) is 12.2 Å². The smallest absolute Gasteiger partial charge is 0.374 e. The fraction of sp³-hybridized carbons (Fsp3) is 0.696. The van der Waals surface area contributed by atoms with E-state index in [0.717, 1.165) is 32.1 Å². The minimum absolute atomic E-state index is 0.0314. The van der Waals surface area contributed by atoms with Crippen molar-refractivity contribution < 1.29 is 24.5 Å². The molecule has 0 radical (unpaired) electrons. The molecule has 0 fully saturated rings.